The van der Waals surface area contributed by atoms with Crippen molar-refractivity contribution in [2.75, 3.05) is 5.75 Å². The van der Waals surface area contributed by atoms with Gasteiger partial charge >= 0.3 is 0 Å². The van der Waals surface area contributed by atoms with Crippen LogP contribution in [0.1, 0.15) is 0 Å². The zero-order valence-corrected chi connectivity index (χ0v) is 8.36. The molecule has 2 heterocycles. The summed E-state index contributed by atoms with van der Waals surface area (Å²) >= 11 is 1.38. The molecule has 0 spiro atoms. The Labute approximate surface area is 86.1 Å². The van der Waals surface area contributed by atoms with Gasteiger partial charge in [-0.15, -0.1) is 11.8 Å². The SMILES string of the molecule is C=C1/C=C\C=C/[C@H]2C(F)=C(CS1)C2F. The minimum atomic E-state index is -1.14. The second-order valence-electron chi connectivity index (χ2n) is 3.30. The van der Waals surface area contributed by atoms with Crippen molar-refractivity contribution in [2.24, 2.45) is 5.92 Å². The van der Waals surface area contributed by atoms with Gasteiger partial charge < -0.3 is 0 Å². The van der Waals surface area contributed by atoms with Gasteiger partial charge in [-0.2, -0.15) is 0 Å². The van der Waals surface area contributed by atoms with Crippen molar-refractivity contribution >= 4 is 11.8 Å². The van der Waals surface area contributed by atoms with Gasteiger partial charge in [0.25, 0.3) is 0 Å². The fraction of sp³-hybridized carbons (Fsp3) is 0.273. The van der Waals surface area contributed by atoms with E-state index >= 15 is 0 Å². The van der Waals surface area contributed by atoms with Gasteiger partial charge in [-0.05, 0) is 6.08 Å². The van der Waals surface area contributed by atoms with Crippen molar-refractivity contribution in [3.05, 3.63) is 47.2 Å². The highest BCUT2D eigenvalue weighted by atomic mass is 32.2. The molecule has 0 aromatic carbocycles. The summed E-state index contributed by atoms with van der Waals surface area (Å²) < 4.78 is 26.6. The summed E-state index contributed by atoms with van der Waals surface area (Å²) in [5.74, 6) is -0.577. The summed E-state index contributed by atoms with van der Waals surface area (Å²) in [5, 5.41) is 0. The number of thioether (sulfide) groups is 1. The van der Waals surface area contributed by atoms with Crippen LogP contribution in [-0.4, -0.2) is 11.9 Å². The topological polar surface area (TPSA) is 0 Å². The fourth-order valence-corrected chi connectivity index (χ4v) is 2.30. The van der Waals surface area contributed by atoms with E-state index in [1.807, 2.05) is 6.08 Å². The molecule has 0 saturated carbocycles. The Morgan fingerprint density at radius 3 is 2.93 bits per heavy atom. The molecule has 3 aliphatic rings. The molecule has 2 atom stereocenters. The molecule has 0 saturated heterocycles. The summed E-state index contributed by atoms with van der Waals surface area (Å²) in [5.41, 5.74) is 0.293. The van der Waals surface area contributed by atoms with Gasteiger partial charge in [0.15, 0.2) is 0 Å². The number of hydrogen-bond donors (Lipinski definition) is 0. The summed E-state index contributed by atoms with van der Waals surface area (Å²) in [7, 11) is 0. The van der Waals surface area contributed by atoms with Crippen LogP contribution in [0.15, 0.2) is 47.2 Å². The highest BCUT2D eigenvalue weighted by molar-refractivity contribution is 8.03. The van der Waals surface area contributed by atoms with E-state index in [0.717, 1.165) is 4.91 Å². The van der Waals surface area contributed by atoms with Crippen molar-refractivity contribution in [3.63, 3.8) is 0 Å². The molecule has 0 nitrogen and oxygen atoms in total. The van der Waals surface area contributed by atoms with Crippen LogP contribution in [0, 0.1) is 5.92 Å². The van der Waals surface area contributed by atoms with E-state index in [0.29, 0.717) is 11.3 Å². The molecular formula is C11H10F2S. The first-order chi connectivity index (χ1) is 6.70. The molecule has 3 rings (SSSR count). The van der Waals surface area contributed by atoms with Gasteiger partial charge in [-0.1, -0.05) is 24.8 Å². The molecule has 2 aliphatic heterocycles. The van der Waals surface area contributed by atoms with Crippen LogP contribution in [0.5, 0.6) is 0 Å². The van der Waals surface area contributed by atoms with Gasteiger partial charge in [0, 0.05) is 16.2 Å². The number of halogens is 2. The maximum absolute atomic E-state index is 13.3. The van der Waals surface area contributed by atoms with E-state index in [2.05, 4.69) is 6.58 Å². The molecule has 0 fully saturated rings. The third-order valence-corrected chi connectivity index (χ3v) is 3.33. The third-order valence-electron chi connectivity index (χ3n) is 2.37. The van der Waals surface area contributed by atoms with E-state index < -0.39 is 12.1 Å². The Kier molecular flexibility index (Phi) is 2.59. The van der Waals surface area contributed by atoms with Crippen LogP contribution in [0.4, 0.5) is 8.78 Å². The quantitative estimate of drug-likeness (QED) is 0.591. The van der Waals surface area contributed by atoms with E-state index in [-0.39, 0.29) is 5.83 Å². The van der Waals surface area contributed by atoms with Crippen LogP contribution in [-0.2, 0) is 0 Å². The lowest BCUT2D eigenvalue weighted by atomic mass is 9.83. The second kappa shape index (κ2) is 3.73. The molecule has 3 heteroatoms. The lowest BCUT2D eigenvalue weighted by molar-refractivity contribution is 0.246. The molecule has 2 bridgehead atoms. The van der Waals surface area contributed by atoms with Crippen LogP contribution in [0.3, 0.4) is 0 Å². The Hall–Kier alpha value is -0.830. The monoisotopic (exact) mass is 212 g/mol. The highest BCUT2D eigenvalue weighted by Crippen LogP contribution is 2.42. The Balaban J connectivity index is 2.26. The average Bonchev–Trinajstić information content (AvgIpc) is 2.18. The third kappa shape index (κ3) is 1.57. The van der Waals surface area contributed by atoms with Crippen molar-refractivity contribution < 1.29 is 8.78 Å². The Morgan fingerprint density at radius 2 is 2.21 bits per heavy atom. The van der Waals surface area contributed by atoms with Gasteiger partial charge in [0.2, 0.25) is 0 Å². The minimum absolute atomic E-state index is 0.293. The zero-order chi connectivity index (χ0) is 10.1. The molecule has 1 unspecified atom stereocenters. The standard InChI is InChI=1S/C11H10F2S/c1-7-4-2-3-5-8-10(12)9(6-14-7)11(8)13/h2-5,8,10H,1,6H2/b4-2-,5-3-/t8-,10?/m1/s1. The van der Waals surface area contributed by atoms with Crippen molar-refractivity contribution in [1.82, 2.24) is 0 Å². The fourth-order valence-electron chi connectivity index (χ4n) is 1.49. The smallest absolute Gasteiger partial charge is 0.137 e. The molecule has 0 aromatic rings. The summed E-state index contributed by atoms with van der Waals surface area (Å²) in [4.78, 5) is 0.826. The maximum Gasteiger partial charge on any atom is 0.137 e. The van der Waals surface area contributed by atoms with Crippen LogP contribution < -0.4 is 0 Å². The minimum Gasteiger partial charge on any atom is -0.241 e. The normalized spacial score (nSPS) is 36.3. The van der Waals surface area contributed by atoms with Gasteiger partial charge in [-0.25, -0.2) is 8.78 Å². The number of fused-ring (bicyclic) bond motifs is 4. The molecule has 1 aliphatic carbocycles. The van der Waals surface area contributed by atoms with E-state index in [9.17, 15) is 8.78 Å². The molecule has 0 aromatic heterocycles. The van der Waals surface area contributed by atoms with Crippen molar-refractivity contribution in [2.45, 2.75) is 6.17 Å². The van der Waals surface area contributed by atoms with Crippen molar-refractivity contribution in [3.8, 4) is 0 Å². The van der Waals surface area contributed by atoms with Crippen LogP contribution in [0.2, 0.25) is 0 Å². The molecule has 0 N–H and O–H groups in total. The molecule has 74 valence electrons. The van der Waals surface area contributed by atoms with Gasteiger partial charge in [0.1, 0.15) is 12.0 Å². The average molecular weight is 212 g/mol. The molecule has 0 radical (unpaired) electrons. The second-order valence-corrected chi connectivity index (χ2v) is 4.40. The first-order valence-corrected chi connectivity index (χ1v) is 5.38. The summed E-state index contributed by atoms with van der Waals surface area (Å²) in [6.07, 6.45) is 5.70. The lowest BCUT2D eigenvalue weighted by Crippen LogP contribution is -2.30. The predicted octanol–water partition coefficient (Wildman–Crippen LogP) is 3.55. The van der Waals surface area contributed by atoms with Crippen LogP contribution >= 0.6 is 11.8 Å². The van der Waals surface area contributed by atoms with Gasteiger partial charge in [0.05, 0.1) is 5.92 Å². The number of rotatable bonds is 0. The number of allylic oxidation sites excluding steroid dienone is 5. The first kappa shape index (κ1) is 9.71. The summed E-state index contributed by atoms with van der Waals surface area (Å²) in [6, 6.07) is 0. The lowest BCUT2D eigenvalue weighted by Gasteiger charge is -2.30. The number of hydrogen-bond acceptors (Lipinski definition) is 1. The highest BCUT2D eigenvalue weighted by Gasteiger charge is 2.39. The van der Waals surface area contributed by atoms with E-state index in [1.165, 1.54) is 11.8 Å². The Bertz CT molecular complexity index is 352. The molecule has 0 amide bonds. The van der Waals surface area contributed by atoms with E-state index in [4.69, 9.17) is 0 Å². The Morgan fingerprint density at radius 1 is 1.43 bits per heavy atom. The molecular weight excluding hydrogens is 202 g/mol. The van der Waals surface area contributed by atoms with Gasteiger partial charge in [-0.3, -0.25) is 0 Å². The maximum atomic E-state index is 13.3. The van der Waals surface area contributed by atoms with Crippen LogP contribution in [0.25, 0.3) is 0 Å². The largest absolute Gasteiger partial charge is 0.241 e. The summed E-state index contributed by atoms with van der Waals surface area (Å²) in [6.45, 7) is 3.76. The number of alkyl halides is 1. The predicted molar refractivity (Wildman–Crippen MR) is 56.4 cm³/mol. The zero-order valence-electron chi connectivity index (χ0n) is 7.54. The first-order valence-electron chi connectivity index (χ1n) is 4.39. The van der Waals surface area contributed by atoms with Crippen molar-refractivity contribution in [1.29, 1.82) is 0 Å². The van der Waals surface area contributed by atoms with E-state index in [1.54, 1.807) is 18.2 Å². The molecule has 14 heavy (non-hydrogen) atoms.